The zero-order valence-electron chi connectivity index (χ0n) is 12.6. The number of carbonyl (C=O) groups is 1. The van der Waals surface area contributed by atoms with E-state index in [0.717, 1.165) is 0 Å². The van der Waals surface area contributed by atoms with Crippen LogP contribution in [0.15, 0.2) is 54.6 Å². The molecule has 1 nitrogen and oxygen atoms in total. The van der Waals surface area contributed by atoms with E-state index in [-0.39, 0.29) is 17.0 Å². The zero-order chi connectivity index (χ0) is 15.5. The molecule has 0 bridgehead atoms. The third kappa shape index (κ3) is 3.88. The van der Waals surface area contributed by atoms with E-state index in [4.69, 9.17) is 0 Å². The van der Waals surface area contributed by atoms with Crippen molar-refractivity contribution < 1.29 is 9.18 Å². The molecule has 0 amide bonds. The lowest BCUT2D eigenvalue weighted by molar-refractivity contribution is 0.104. The van der Waals surface area contributed by atoms with Crippen LogP contribution in [0.5, 0.6) is 0 Å². The van der Waals surface area contributed by atoms with Crippen LogP contribution in [0.3, 0.4) is 0 Å². The molecule has 0 unspecified atom stereocenters. The number of halogens is 1. The molecule has 0 aliphatic heterocycles. The van der Waals surface area contributed by atoms with Gasteiger partial charge in [0.1, 0.15) is 5.82 Å². The molecule has 0 saturated heterocycles. The van der Waals surface area contributed by atoms with E-state index >= 15 is 0 Å². The lowest BCUT2D eigenvalue weighted by Gasteiger charge is -2.18. The predicted octanol–water partition coefficient (Wildman–Crippen LogP) is 5.02. The molecule has 0 saturated carbocycles. The Kier molecular flexibility index (Phi) is 4.37. The van der Waals surface area contributed by atoms with Crippen LogP contribution in [0, 0.1) is 5.82 Å². The molecule has 2 aromatic carbocycles. The monoisotopic (exact) mass is 282 g/mol. The van der Waals surface area contributed by atoms with Crippen LogP contribution in [0.1, 0.15) is 42.3 Å². The van der Waals surface area contributed by atoms with Crippen molar-refractivity contribution in [3.8, 4) is 0 Å². The van der Waals surface area contributed by atoms with Gasteiger partial charge in [-0.1, -0.05) is 63.2 Å². The average Bonchev–Trinajstić information content (AvgIpc) is 2.45. The Bertz CT molecular complexity index is 661. The molecule has 108 valence electrons. The number of ketones is 1. The molecule has 0 aliphatic rings. The molecule has 0 N–H and O–H groups in total. The summed E-state index contributed by atoms with van der Waals surface area (Å²) in [4.78, 5) is 12.1. The highest BCUT2D eigenvalue weighted by Gasteiger charge is 2.13. The maximum Gasteiger partial charge on any atom is 0.185 e. The Balaban J connectivity index is 2.16. The summed E-state index contributed by atoms with van der Waals surface area (Å²) < 4.78 is 13.5. The standard InChI is InChI=1S/C19H19FO/c1-19(2,3)16-11-8-15(9-12-16)18(21)13-10-14-6-4-5-7-17(14)20/h4-13H,1-3H3/b13-10+. The predicted molar refractivity (Wildman–Crippen MR) is 84.9 cm³/mol. The molecule has 21 heavy (non-hydrogen) atoms. The van der Waals surface area contributed by atoms with Gasteiger partial charge in [0, 0.05) is 11.1 Å². The first-order valence-electron chi connectivity index (χ1n) is 6.95. The maximum absolute atomic E-state index is 13.5. The van der Waals surface area contributed by atoms with Gasteiger partial charge in [0.2, 0.25) is 0 Å². The fourth-order valence-electron chi connectivity index (χ4n) is 2.01. The second-order valence-corrected chi connectivity index (χ2v) is 6.05. The molecule has 2 heteroatoms. The Morgan fingerprint density at radius 2 is 1.62 bits per heavy atom. The molecule has 2 rings (SSSR count). The highest BCUT2D eigenvalue weighted by atomic mass is 19.1. The van der Waals surface area contributed by atoms with E-state index in [2.05, 4.69) is 20.8 Å². The summed E-state index contributed by atoms with van der Waals surface area (Å²) in [5.41, 5.74) is 2.26. The van der Waals surface area contributed by atoms with Crippen LogP contribution in [-0.4, -0.2) is 5.78 Å². The van der Waals surface area contributed by atoms with Gasteiger partial charge in [-0.2, -0.15) is 0 Å². The molecule has 0 spiro atoms. The van der Waals surface area contributed by atoms with Gasteiger partial charge >= 0.3 is 0 Å². The molecule has 0 fully saturated rings. The fourth-order valence-corrected chi connectivity index (χ4v) is 2.01. The summed E-state index contributed by atoms with van der Waals surface area (Å²) in [6.07, 6.45) is 2.92. The first-order chi connectivity index (χ1) is 9.88. The molecule has 0 aliphatic carbocycles. The summed E-state index contributed by atoms with van der Waals surface area (Å²) in [6.45, 7) is 6.38. The second-order valence-electron chi connectivity index (χ2n) is 6.05. The van der Waals surface area contributed by atoms with Crippen molar-refractivity contribution in [2.45, 2.75) is 26.2 Å². The summed E-state index contributed by atoms with van der Waals surface area (Å²) in [6, 6.07) is 13.9. The van der Waals surface area contributed by atoms with E-state index in [1.165, 1.54) is 23.8 Å². The molecule has 0 heterocycles. The van der Waals surface area contributed by atoms with Crippen molar-refractivity contribution in [2.75, 3.05) is 0 Å². The van der Waals surface area contributed by atoms with Crippen molar-refractivity contribution in [3.05, 3.63) is 77.1 Å². The highest BCUT2D eigenvalue weighted by Crippen LogP contribution is 2.22. The SMILES string of the molecule is CC(C)(C)c1ccc(C(=O)/C=C/c2ccccc2F)cc1. The van der Waals surface area contributed by atoms with Crippen molar-refractivity contribution >= 4 is 11.9 Å². The molecular weight excluding hydrogens is 263 g/mol. The summed E-state index contributed by atoms with van der Waals surface area (Å²) in [5, 5.41) is 0. The molecular formula is C19H19FO. The number of rotatable bonds is 3. The zero-order valence-corrected chi connectivity index (χ0v) is 12.6. The van der Waals surface area contributed by atoms with E-state index in [1.54, 1.807) is 18.2 Å². The Morgan fingerprint density at radius 1 is 1.00 bits per heavy atom. The van der Waals surface area contributed by atoms with E-state index in [9.17, 15) is 9.18 Å². The maximum atomic E-state index is 13.5. The first-order valence-corrected chi connectivity index (χ1v) is 6.95. The first kappa shape index (κ1) is 15.2. The van der Waals surface area contributed by atoms with Gasteiger partial charge in [-0.15, -0.1) is 0 Å². The van der Waals surface area contributed by atoms with E-state index in [1.807, 2.05) is 24.3 Å². The van der Waals surface area contributed by atoms with Crippen molar-refractivity contribution in [2.24, 2.45) is 0 Å². The Hall–Kier alpha value is -2.22. The minimum atomic E-state index is -0.329. The van der Waals surface area contributed by atoms with E-state index < -0.39 is 0 Å². The number of hydrogen-bond donors (Lipinski definition) is 0. The van der Waals surface area contributed by atoms with Crippen LogP contribution >= 0.6 is 0 Å². The van der Waals surface area contributed by atoms with Gasteiger partial charge in [0.05, 0.1) is 0 Å². The van der Waals surface area contributed by atoms with Crippen molar-refractivity contribution in [3.63, 3.8) is 0 Å². The molecule has 2 aromatic rings. The van der Waals surface area contributed by atoms with Gasteiger partial charge in [-0.25, -0.2) is 4.39 Å². The summed E-state index contributed by atoms with van der Waals surface area (Å²) >= 11 is 0. The quantitative estimate of drug-likeness (QED) is 0.570. The normalized spacial score (nSPS) is 11.8. The van der Waals surface area contributed by atoms with Crippen molar-refractivity contribution in [1.29, 1.82) is 0 Å². The van der Waals surface area contributed by atoms with Crippen LogP contribution < -0.4 is 0 Å². The lowest BCUT2D eigenvalue weighted by atomic mass is 9.86. The summed E-state index contributed by atoms with van der Waals surface area (Å²) in [7, 11) is 0. The van der Waals surface area contributed by atoms with Crippen LogP contribution in [0.4, 0.5) is 4.39 Å². The topological polar surface area (TPSA) is 17.1 Å². The van der Waals surface area contributed by atoms with Crippen LogP contribution in [0.2, 0.25) is 0 Å². The van der Waals surface area contributed by atoms with Gasteiger partial charge in [0.15, 0.2) is 5.78 Å². The highest BCUT2D eigenvalue weighted by molar-refractivity contribution is 6.06. The second kappa shape index (κ2) is 6.04. The third-order valence-corrected chi connectivity index (χ3v) is 3.35. The van der Waals surface area contributed by atoms with E-state index in [0.29, 0.717) is 11.1 Å². The average molecular weight is 282 g/mol. The molecule has 0 radical (unpaired) electrons. The van der Waals surface area contributed by atoms with Gasteiger partial charge in [-0.05, 0) is 29.2 Å². The Labute approximate surface area is 125 Å². The number of carbonyl (C=O) groups excluding carboxylic acids is 1. The third-order valence-electron chi connectivity index (χ3n) is 3.35. The van der Waals surface area contributed by atoms with Crippen LogP contribution in [0.25, 0.3) is 6.08 Å². The number of hydrogen-bond acceptors (Lipinski definition) is 1. The number of allylic oxidation sites excluding steroid dienone is 1. The van der Waals surface area contributed by atoms with Crippen LogP contribution in [-0.2, 0) is 5.41 Å². The number of benzene rings is 2. The molecule has 0 aromatic heterocycles. The minimum Gasteiger partial charge on any atom is -0.289 e. The molecule has 0 atom stereocenters. The van der Waals surface area contributed by atoms with Gasteiger partial charge in [0.25, 0.3) is 0 Å². The van der Waals surface area contributed by atoms with Crippen molar-refractivity contribution in [1.82, 2.24) is 0 Å². The summed E-state index contributed by atoms with van der Waals surface area (Å²) in [5.74, 6) is -0.455. The Morgan fingerprint density at radius 3 is 2.19 bits per heavy atom. The van der Waals surface area contributed by atoms with Gasteiger partial charge in [-0.3, -0.25) is 4.79 Å². The van der Waals surface area contributed by atoms with Gasteiger partial charge < -0.3 is 0 Å². The largest absolute Gasteiger partial charge is 0.289 e. The minimum absolute atomic E-state index is 0.0601. The lowest BCUT2D eigenvalue weighted by Crippen LogP contribution is -2.11. The fraction of sp³-hybridized carbons (Fsp3) is 0.211. The smallest absolute Gasteiger partial charge is 0.185 e.